The molecule has 1 atom stereocenters. The van der Waals surface area contributed by atoms with Crippen LogP contribution < -0.4 is 4.90 Å². The van der Waals surface area contributed by atoms with E-state index in [1.807, 2.05) is 24.9 Å². The number of anilines is 1. The highest BCUT2D eigenvalue weighted by molar-refractivity contribution is 5.67. The number of aromatic nitrogens is 2. The van der Waals surface area contributed by atoms with E-state index in [-0.39, 0.29) is 6.09 Å². The van der Waals surface area contributed by atoms with Crippen LogP contribution in [0.25, 0.3) is 0 Å². The van der Waals surface area contributed by atoms with Crippen LogP contribution in [-0.2, 0) is 11.2 Å². The number of piperidine rings is 1. The lowest BCUT2D eigenvalue weighted by Gasteiger charge is -2.43. The molecule has 1 unspecified atom stereocenters. The molecule has 7 nitrogen and oxygen atoms in total. The van der Waals surface area contributed by atoms with Crippen molar-refractivity contribution in [2.24, 2.45) is 0 Å². The first-order chi connectivity index (χ1) is 12.6. The molecule has 144 valence electrons. The summed E-state index contributed by atoms with van der Waals surface area (Å²) in [4.78, 5) is 27.8. The van der Waals surface area contributed by atoms with E-state index in [9.17, 15) is 4.79 Å². The molecule has 0 spiro atoms. The number of rotatable bonds is 4. The number of hydrogen-bond acceptors (Lipinski definition) is 6. The second-order valence-corrected chi connectivity index (χ2v) is 7.08. The van der Waals surface area contributed by atoms with Crippen LogP contribution in [0.15, 0.2) is 6.20 Å². The minimum atomic E-state index is -0.179. The smallest absolute Gasteiger partial charge is 0.409 e. The number of piperazine rings is 1. The first-order valence-electron chi connectivity index (χ1n) is 9.85. The van der Waals surface area contributed by atoms with Crippen LogP contribution in [0.2, 0.25) is 0 Å². The summed E-state index contributed by atoms with van der Waals surface area (Å²) in [6, 6.07) is 0.521. The van der Waals surface area contributed by atoms with E-state index >= 15 is 0 Å². The third-order valence-electron chi connectivity index (χ3n) is 5.40. The number of ether oxygens (including phenoxy) is 1. The highest BCUT2D eigenvalue weighted by atomic mass is 16.6. The number of hydrogen-bond donors (Lipinski definition) is 0. The molecule has 0 bridgehead atoms. The summed E-state index contributed by atoms with van der Waals surface area (Å²) in [5.74, 6) is 1.94. The highest BCUT2D eigenvalue weighted by Gasteiger charge is 2.30. The van der Waals surface area contributed by atoms with Gasteiger partial charge in [-0.15, -0.1) is 0 Å². The number of nitrogens with zero attached hydrogens (tertiary/aromatic N) is 5. The number of carbonyl (C=O) groups is 1. The van der Waals surface area contributed by atoms with Crippen LogP contribution in [0.3, 0.4) is 0 Å². The van der Waals surface area contributed by atoms with Gasteiger partial charge in [0.25, 0.3) is 0 Å². The fourth-order valence-corrected chi connectivity index (χ4v) is 3.94. The molecule has 0 saturated carbocycles. The summed E-state index contributed by atoms with van der Waals surface area (Å²) in [6.07, 6.45) is 5.13. The average Bonchev–Trinajstić information content (AvgIpc) is 2.68. The van der Waals surface area contributed by atoms with Crippen molar-refractivity contribution >= 4 is 11.9 Å². The van der Waals surface area contributed by atoms with Gasteiger partial charge in [-0.2, -0.15) is 0 Å². The van der Waals surface area contributed by atoms with Crippen molar-refractivity contribution in [1.82, 2.24) is 19.8 Å². The topological polar surface area (TPSA) is 61.8 Å². The molecule has 0 aliphatic carbocycles. The number of aryl methyl sites for hydroxylation is 2. The Bertz CT molecular complexity index is 616. The molecule has 2 saturated heterocycles. The Morgan fingerprint density at radius 2 is 2.00 bits per heavy atom. The molecule has 2 aliphatic rings. The van der Waals surface area contributed by atoms with Crippen LogP contribution in [0.5, 0.6) is 0 Å². The molecule has 3 heterocycles. The van der Waals surface area contributed by atoms with E-state index in [1.165, 1.54) is 18.4 Å². The van der Waals surface area contributed by atoms with E-state index in [0.717, 1.165) is 57.3 Å². The summed E-state index contributed by atoms with van der Waals surface area (Å²) >= 11 is 0. The zero-order chi connectivity index (χ0) is 18.5. The van der Waals surface area contributed by atoms with Gasteiger partial charge in [-0.25, -0.2) is 14.8 Å². The minimum Gasteiger partial charge on any atom is -0.450 e. The Morgan fingerprint density at radius 1 is 1.23 bits per heavy atom. The Balaban J connectivity index is 1.61. The molecule has 1 amide bonds. The SMILES string of the molecule is CCOC(=O)N1CCN(C2CCCN(c3nc(C)ncc3CC)C2)CC1. The summed E-state index contributed by atoms with van der Waals surface area (Å²) in [5.41, 5.74) is 1.23. The summed E-state index contributed by atoms with van der Waals surface area (Å²) in [7, 11) is 0. The Hall–Kier alpha value is -1.89. The van der Waals surface area contributed by atoms with Crippen molar-refractivity contribution in [2.75, 3.05) is 50.8 Å². The van der Waals surface area contributed by atoms with Crippen molar-refractivity contribution in [3.63, 3.8) is 0 Å². The van der Waals surface area contributed by atoms with Gasteiger partial charge in [0.15, 0.2) is 0 Å². The second-order valence-electron chi connectivity index (χ2n) is 7.08. The van der Waals surface area contributed by atoms with Crippen LogP contribution in [0.1, 0.15) is 38.1 Å². The summed E-state index contributed by atoms with van der Waals surface area (Å²) < 4.78 is 5.12. The maximum absolute atomic E-state index is 11.9. The lowest BCUT2D eigenvalue weighted by Crippen LogP contribution is -2.56. The van der Waals surface area contributed by atoms with Crippen LogP contribution in [0, 0.1) is 6.92 Å². The molecule has 2 fully saturated rings. The van der Waals surface area contributed by atoms with Gasteiger partial charge in [0, 0.05) is 57.1 Å². The van der Waals surface area contributed by atoms with Gasteiger partial charge in [0.2, 0.25) is 0 Å². The van der Waals surface area contributed by atoms with E-state index < -0.39 is 0 Å². The third-order valence-corrected chi connectivity index (χ3v) is 5.40. The van der Waals surface area contributed by atoms with E-state index in [1.54, 1.807) is 0 Å². The minimum absolute atomic E-state index is 0.179. The lowest BCUT2D eigenvalue weighted by atomic mass is 10.0. The molecule has 0 radical (unpaired) electrons. The maximum Gasteiger partial charge on any atom is 0.409 e. The molecule has 0 N–H and O–H groups in total. The fourth-order valence-electron chi connectivity index (χ4n) is 3.94. The molecule has 7 heteroatoms. The Labute approximate surface area is 156 Å². The zero-order valence-electron chi connectivity index (χ0n) is 16.3. The molecule has 26 heavy (non-hydrogen) atoms. The highest BCUT2D eigenvalue weighted by Crippen LogP contribution is 2.25. The zero-order valence-corrected chi connectivity index (χ0v) is 16.3. The fraction of sp³-hybridized carbons (Fsp3) is 0.737. The summed E-state index contributed by atoms with van der Waals surface area (Å²) in [6.45, 7) is 11.8. The predicted molar refractivity (Wildman–Crippen MR) is 102 cm³/mol. The van der Waals surface area contributed by atoms with Crippen molar-refractivity contribution in [2.45, 2.75) is 46.1 Å². The van der Waals surface area contributed by atoms with Crippen molar-refractivity contribution in [3.8, 4) is 0 Å². The molecule has 1 aromatic rings. The van der Waals surface area contributed by atoms with E-state index in [4.69, 9.17) is 9.72 Å². The van der Waals surface area contributed by atoms with Gasteiger partial charge >= 0.3 is 6.09 Å². The molecular formula is C19H31N5O2. The van der Waals surface area contributed by atoms with Gasteiger partial charge in [0.05, 0.1) is 6.61 Å². The van der Waals surface area contributed by atoms with Crippen molar-refractivity contribution in [1.29, 1.82) is 0 Å². The number of carbonyl (C=O) groups excluding carboxylic acids is 1. The molecule has 0 aromatic carbocycles. The second kappa shape index (κ2) is 8.66. The third kappa shape index (κ3) is 4.26. The average molecular weight is 361 g/mol. The van der Waals surface area contributed by atoms with Gasteiger partial charge in [-0.3, -0.25) is 4.90 Å². The van der Waals surface area contributed by atoms with Gasteiger partial charge in [-0.05, 0) is 33.1 Å². The van der Waals surface area contributed by atoms with Crippen LogP contribution in [-0.4, -0.2) is 77.8 Å². The lowest BCUT2D eigenvalue weighted by molar-refractivity contribution is 0.0629. The predicted octanol–water partition coefficient (Wildman–Crippen LogP) is 2.09. The molecule has 3 rings (SSSR count). The molecular weight excluding hydrogens is 330 g/mol. The van der Waals surface area contributed by atoms with Crippen molar-refractivity contribution in [3.05, 3.63) is 17.6 Å². The largest absolute Gasteiger partial charge is 0.450 e. The van der Waals surface area contributed by atoms with Gasteiger partial charge in [-0.1, -0.05) is 6.92 Å². The first-order valence-corrected chi connectivity index (χ1v) is 9.85. The monoisotopic (exact) mass is 361 g/mol. The maximum atomic E-state index is 11.9. The van der Waals surface area contributed by atoms with Crippen molar-refractivity contribution < 1.29 is 9.53 Å². The number of amides is 1. The van der Waals surface area contributed by atoms with Gasteiger partial charge in [0.1, 0.15) is 11.6 Å². The van der Waals surface area contributed by atoms with Crippen LogP contribution >= 0.6 is 0 Å². The normalized spacial score (nSPS) is 21.7. The molecule has 1 aromatic heterocycles. The Morgan fingerprint density at radius 3 is 2.69 bits per heavy atom. The van der Waals surface area contributed by atoms with Crippen LogP contribution in [0.4, 0.5) is 10.6 Å². The molecule has 2 aliphatic heterocycles. The van der Waals surface area contributed by atoms with E-state index in [2.05, 4.69) is 21.7 Å². The first kappa shape index (κ1) is 18.9. The summed E-state index contributed by atoms with van der Waals surface area (Å²) in [5, 5.41) is 0. The standard InChI is InChI=1S/C19H31N5O2/c1-4-16-13-20-15(3)21-18(16)24-8-6-7-17(14-24)22-9-11-23(12-10-22)19(25)26-5-2/h13,17H,4-12,14H2,1-3H3. The quantitative estimate of drug-likeness (QED) is 0.818. The van der Waals surface area contributed by atoms with E-state index in [0.29, 0.717) is 12.6 Å². The van der Waals surface area contributed by atoms with Gasteiger partial charge < -0.3 is 14.5 Å². The Kier molecular flexibility index (Phi) is 6.29.